The molecule has 0 radical (unpaired) electrons. The summed E-state index contributed by atoms with van der Waals surface area (Å²) in [4.78, 5) is 0. The minimum Gasteiger partial charge on any atom is -0.313 e. The summed E-state index contributed by atoms with van der Waals surface area (Å²) < 4.78 is 0. The van der Waals surface area contributed by atoms with Gasteiger partial charge in [0.15, 0.2) is 0 Å². The SMILES string of the molecule is CC1(C)CNCC(C2CCCC2)N1. The third kappa shape index (κ3) is 2.23. The molecule has 76 valence electrons. The lowest BCUT2D eigenvalue weighted by Crippen LogP contribution is -2.62. The quantitative estimate of drug-likeness (QED) is 0.642. The Morgan fingerprint density at radius 1 is 1.15 bits per heavy atom. The van der Waals surface area contributed by atoms with Crippen LogP contribution in [0.3, 0.4) is 0 Å². The van der Waals surface area contributed by atoms with Crippen molar-refractivity contribution in [3.63, 3.8) is 0 Å². The third-order valence-corrected chi connectivity index (χ3v) is 3.48. The van der Waals surface area contributed by atoms with E-state index < -0.39 is 0 Å². The molecule has 1 atom stereocenters. The lowest BCUT2D eigenvalue weighted by molar-refractivity contribution is 0.211. The molecule has 0 aromatic rings. The summed E-state index contributed by atoms with van der Waals surface area (Å²) in [6.45, 7) is 6.87. The first kappa shape index (κ1) is 9.47. The molecule has 0 aromatic carbocycles. The average Bonchev–Trinajstić information content (AvgIpc) is 2.53. The molecule has 1 aliphatic carbocycles. The first-order chi connectivity index (χ1) is 6.17. The third-order valence-electron chi connectivity index (χ3n) is 3.48. The van der Waals surface area contributed by atoms with E-state index in [1.54, 1.807) is 0 Å². The van der Waals surface area contributed by atoms with Crippen LogP contribution >= 0.6 is 0 Å². The molecule has 0 spiro atoms. The molecule has 2 aliphatic rings. The van der Waals surface area contributed by atoms with Crippen molar-refractivity contribution < 1.29 is 0 Å². The van der Waals surface area contributed by atoms with Crippen molar-refractivity contribution in [1.29, 1.82) is 0 Å². The van der Waals surface area contributed by atoms with Crippen LogP contribution in [-0.4, -0.2) is 24.7 Å². The number of rotatable bonds is 1. The van der Waals surface area contributed by atoms with Crippen LogP contribution in [-0.2, 0) is 0 Å². The maximum atomic E-state index is 3.77. The zero-order valence-corrected chi connectivity index (χ0v) is 8.90. The van der Waals surface area contributed by atoms with Crippen LogP contribution in [0.15, 0.2) is 0 Å². The van der Waals surface area contributed by atoms with Crippen molar-refractivity contribution >= 4 is 0 Å². The normalized spacial score (nSPS) is 35.1. The van der Waals surface area contributed by atoms with Crippen LogP contribution in [0.5, 0.6) is 0 Å². The van der Waals surface area contributed by atoms with Gasteiger partial charge in [0.2, 0.25) is 0 Å². The maximum absolute atomic E-state index is 3.77. The summed E-state index contributed by atoms with van der Waals surface area (Å²) in [5.41, 5.74) is 0.297. The van der Waals surface area contributed by atoms with Gasteiger partial charge in [0.05, 0.1) is 0 Å². The van der Waals surface area contributed by atoms with Crippen molar-refractivity contribution in [2.24, 2.45) is 5.92 Å². The molecular weight excluding hydrogens is 160 g/mol. The van der Waals surface area contributed by atoms with Gasteiger partial charge in [0.1, 0.15) is 0 Å². The van der Waals surface area contributed by atoms with Gasteiger partial charge in [-0.2, -0.15) is 0 Å². The van der Waals surface area contributed by atoms with E-state index in [1.807, 2.05) is 0 Å². The zero-order valence-electron chi connectivity index (χ0n) is 8.90. The van der Waals surface area contributed by atoms with Crippen LogP contribution in [0, 0.1) is 5.92 Å². The number of nitrogens with one attached hydrogen (secondary N) is 2. The van der Waals surface area contributed by atoms with Gasteiger partial charge in [-0.15, -0.1) is 0 Å². The molecule has 1 saturated carbocycles. The molecule has 2 N–H and O–H groups in total. The smallest absolute Gasteiger partial charge is 0.0252 e. The second-order valence-electron chi connectivity index (χ2n) is 5.31. The average molecular weight is 182 g/mol. The van der Waals surface area contributed by atoms with Crippen LogP contribution in [0.25, 0.3) is 0 Å². The molecule has 1 saturated heterocycles. The first-order valence-electron chi connectivity index (χ1n) is 5.66. The minimum atomic E-state index is 0.297. The first-order valence-corrected chi connectivity index (χ1v) is 5.66. The lowest BCUT2D eigenvalue weighted by Gasteiger charge is -2.40. The topological polar surface area (TPSA) is 24.1 Å². The number of hydrogen-bond acceptors (Lipinski definition) is 2. The monoisotopic (exact) mass is 182 g/mol. The van der Waals surface area contributed by atoms with E-state index in [4.69, 9.17) is 0 Å². The Morgan fingerprint density at radius 3 is 2.46 bits per heavy atom. The molecule has 0 aromatic heterocycles. The standard InChI is InChI=1S/C11H22N2/c1-11(2)8-12-7-10(13-11)9-5-3-4-6-9/h9-10,12-13H,3-8H2,1-2H3. The number of piperazine rings is 1. The molecule has 2 fully saturated rings. The van der Waals surface area contributed by atoms with E-state index in [0.29, 0.717) is 5.54 Å². The Hall–Kier alpha value is -0.0800. The largest absolute Gasteiger partial charge is 0.313 e. The van der Waals surface area contributed by atoms with E-state index in [-0.39, 0.29) is 0 Å². The highest BCUT2D eigenvalue weighted by atomic mass is 15.1. The zero-order chi connectivity index (χ0) is 9.31. The van der Waals surface area contributed by atoms with Crippen molar-refractivity contribution in [3.8, 4) is 0 Å². The van der Waals surface area contributed by atoms with Gasteiger partial charge >= 0.3 is 0 Å². The van der Waals surface area contributed by atoms with Gasteiger partial charge in [-0.1, -0.05) is 12.8 Å². The molecule has 2 heteroatoms. The Morgan fingerprint density at radius 2 is 1.85 bits per heavy atom. The van der Waals surface area contributed by atoms with E-state index in [9.17, 15) is 0 Å². The molecule has 1 heterocycles. The Kier molecular flexibility index (Phi) is 2.61. The second kappa shape index (κ2) is 3.58. The lowest BCUT2D eigenvalue weighted by atomic mass is 9.91. The Labute approximate surface area is 81.5 Å². The molecule has 2 nitrogen and oxygen atoms in total. The molecule has 1 aliphatic heterocycles. The highest BCUT2D eigenvalue weighted by Crippen LogP contribution is 2.29. The van der Waals surface area contributed by atoms with Crippen molar-refractivity contribution in [1.82, 2.24) is 10.6 Å². The predicted molar refractivity (Wildman–Crippen MR) is 55.8 cm³/mol. The summed E-state index contributed by atoms with van der Waals surface area (Å²) in [5, 5.41) is 7.31. The van der Waals surface area contributed by atoms with Gasteiger partial charge in [-0.05, 0) is 32.6 Å². The second-order valence-corrected chi connectivity index (χ2v) is 5.31. The Balaban J connectivity index is 1.91. The summed E-state index contributed by atoms with van der Waals surface area (Å²) in [7, 11) is 0. The van der Waals surface area contributed by atoms with E-state index in [0.717, 1.165) is 18.5 Å². The summed E-state index contributed by atoms with van der Waals surface area (Å²) >= 11 is 0. The molecule has 0 amide bonds. The summed E-state index contributed by atoms with van der Waals surface area (Å²) in [5.74, 6) is 0.937. The predicted octanol–water partition coefficient (Wildman–Crippen LogP) is 1.52. The fourth-order valence-corrected chi connectivity index (χ4v) is 2.79. The Bertz CT molecular complexity index is 171. The number of hydrogen-bond donors (Lipinski definition) is 2. The van der Waals surface area contributed by atoms with Crippen LogP contribution < -0.4 is 10.6 Å². The van der Waals surface area contributed by atoms with Crippen LogP contribution in [0.4, 0.5) is 0 Å². The molecular formula is C11H22N2. The van der Waals surface area contributed by atoms with Crippen molar-refractivity contribution in [3.05, 3.63) is 0 Å². The van der Waals surface area contributed by atoms with E-state index >= 15 is 0 Å². The maximum Gasteiger partial charge on any atom is 0.0252 e. The van der Waals surface area contributed by atoms with Crippen LogP contribution in [0.2, 0.25) is 0 Å². The van der Waals surface area contributed by atoms with Gasteiger partial charge in [-0.25, -0.2) is 0 Å². The highest BCUT2D eigenvalue weighted by molar-refractivity contribution is 4.94. The fourth-order valence-electron chi connectivity index (χ4n) is 2.79. The van der Waals surface area contributed by atoms with Crippen molar-refractivity contribution in [2.45, 2.75) is 51.1 Å². The molecule has 0 bridgehead atoms. The van der Waals surface area contributed by atoms with Crippen LogP contribution in [0.1, 0.15) is 39.5 Å². The highest BCUT2D eigenvalue weighted by Gasteiger charge is 2.32. The van der Waals surface area contributed by atoms with Gasteiger partial charge in [0.25, 0.3) is 0 Å². The van der Waals surface area contributed by atoms with Gasteiger partial charge < -0.3 is 10.6 Å². The molecule has 1 unspecified atom stereocenters. The van der Waals surface area contributed by atoms with E-state index in [1.165, 1.54) is 32.2 Å². The summed E-state index contributed by atoms with van der Waals surface area (Å²) in [6.07, 6.45) is 5.78. The van der Waals surface area contributed by atoms with Crippen molar-refractivity contribution in [2.75, 3.05) is 13.1 Å². The molecule has 13 heavy (non-hydrogen) atoms. The molecule has 2 rings (SSSR count). The fraction of sp³-hybridized carbons (Fsp3) is 1.00. The van der Waals surface area contributed by atoms with Gasteiger partial charge in [0, 0.05) is 24.7 Å². The van der Waals surface area contributed by atoms with E-state index in [2.05, 4.69) is 24.5 Å². The summed E-state index contributed by atoms with van der Waals surface area (Å²) in [6, 6.07) is 0.728. The van der Waals surface area contributed by atoms with Gasteiger partial charge in [-0.3, -0.25) is 0 Å². The minimum absolute atomic E-state index is 0.297.